The molecule has 15 heteroatoms. The number of fused-ring (bicyclic) bond motifs is 9. The van der Waals surface area contributed by atoms with Crippen LogP contribution in [0.5, 0.6) is 5.75 Å². The summed E-state index contributed by atoms with van der Waals surface area (Å²) in [7, 11) is 0. The van der Waals surface area contributed by atoms with Crippen LogP contribution in [0.3, 0.4) is 0 Å². The van der Waals surface area contributed by atoms with Crippen molar-refractivity contribution in [3.05, 3.63) is 73.2 Å². The number of alkyl halides is 3. The number of carbonyl (C=O) groups excluding carboxylic acids is 3. The van der Waals surface area contributed by atoms with Crippen LogP contribution in [0.15, 0.2) is 52.3 Å². The van der Waals surface area contributed by atoms with E-state index < -0.39 is 41.3 Å². The minimum atomic E-state index is -4.63. The number of nitrogens with zero attached hydrogens (tertiary/aromatic N) is 2. The standard InChI is InChI=1S/C32H27ClF3N3O6S2/c33-15-4-5-20(45-13-21(40)38-6-8-44-9-7-38)17(11-15)22-23-18-12-19(26(23)46-28-27(22)47-31(43)37-28)25-24(18)29(41)39(30(25)42)16-3-1-2-14(10-16)32(34,35)36/h1-5,10-11,18-19,22-26H,6-9,12-13H2,(H,37,43)/t18-,19-,22+,23-,24+,25+,26-/m1/s1. The molecule has 4 fully saturated rings. The molecule has 0 unspecified atom stereocenters. The molecule has 3 aromatic rings. The van der Waals surface area contributed by atoms with Gasteiger partial charge in [-0.1, -0.05) is 29.0 Å². The monoisotopic (exact) mass is 705 g/mol. The minimum Gasteiger partial charge on any atom is -0.483 e. The zero-order chi connectivity index (χ0) is 32.8. The quantitative estimate of drug-likeness (QED) is 0.372. The van der Waals surface area contributed by atoms with Gasteiger partial charge in [0.25, 0.3) is 5.91 Å². The molecule has 0 radical (unpaired) electrons. The fourth-order valence-electron chi connectivity index (χ4n) is 8.38. The summed E-state index contributed by atoms with van der Waals surface area (Å²) in [5.74, 6) is -3.30. The molecule has 7 atom stereocenters. The summed E-state index contributed by atoms with van der Waals surface area (Å²) in [6, 6.07) is 9.44. The number of nitrogens with one attached hydrogen (secondary N) is 1. The number of rotatable bonds is 5. The number of thiazole rings is 1. The molecule has 2 aliphatic carbocycles. The molecule has 246 valence electrons. The molecule has 1 N–H and O–H groups in total. The average Bonchev–Trinajstić information content (AvgIpc) is 3.79. The highest BCUT2D eigenvalue weighted by Gasteiger charge is 2.70. The van der Waals surface area contributed by atoms with Gasteiger partial charge < -0.3 is 19.4 Å². The van der Waals surface area contributed by atoms with Gasteiger partial charge in [0.05, 0.1) is 41.3 Å². The first kappa shape index (κ1) is 31.0. The average molecular weight is 706 g/mol. The number of morpholine rings is 1. The molecule has 2 bridgehead atoms. The Morgan fingerprint density at radius 1 is 1.04 bits per heavy atom. The number of amides is 3. The minimum absolute atomic E-state index is 0.0882. The Labute approximate surface area is 279 Å². The van der Waals surface area contributed by atoms with Gasteiger partial charge in [-0.15, -0.1) is 11.8 Å². The number of H-pyrrole nitrogens is 1. The molecule has 2 saturated carbocycles. The predicted molar refractivity (Wildman–Crippen MR) is 167 cm³/mol. The maximum absolute atomic E-state index is 14.0. The van der Waals surface area contributed by atoms with Gasteiger partial charge in [0.15, 0.2) is 6.61 Å². The number of ether oxygens (including phenoxy) is 2. The Kier molecular flexibility index (Phi) is 7.50. The van der Waals surface area contributed by atoms with E-state index in [0.29, 0.717) is 54.1 Å². The van der Waals surface area contributed by atoms with Crippen LogP contribution in [-0.2, 0) is 25.3 Å². The van der Waals surface area contributed by atoms with E-state index in [1.807, 2.05) is 0 Å². The zero-order valence-corrected chi connectivity index (χ0v) is 26.9. The lowest BCUT2D eigenvalue weighted by molar-refractivity contribution is -0.138. The third-order valence-corrected chi connectivity index (χ3v) is 13.0. The Balaban J connectivity index is 1.15. The van der Waals surface area contributed by atoms with E-state index in [0.717, 1.165) is 33.2 Å². The molecule has 2 saturated heterocycles. The first-order chi connectivity index (χ1) is 22.5. The van der Waals surface area contributed by atoms with Crippen LogP contribution in [0.4, 0.5) is 18.9 Å². The van der Waals surface area contributed by atoms with Crippen LogP contribution in [0, 0.1) is 29.6 Å². The summed E-state index contributed by atoms with van der Waals surface area (Å²) >= 11 is 9.10. The maximum Gasteiger partial charge on any atom is 0.416 e. The van der Waals surface area contributed by atoms with Crippen molar-refractivity contribution >= 4 is 58.1 Å². The number of anilines is 1. The highest BCUT2D eigenvalue weighted by atomic mass is 35.5. The Bertz CT molecular complexity index is 1860. The first-order valence-corrected chi connectivity index (χ1v) is 17.3. The number of aromatic amines is 1. The molecule has 47 heavy (non-hydrogen) atoms. The zero-order valence-electron chi connectivity index (χ0n) is 24.5. The summed E-state index contributed by atoms with van der Waals surface area (Å²) in [4.78, 5) is 59.7. The van der Waals surface area contributed by atoms with Gasteiger partial charge >= 0.3 is 11.0 Å². The van der Waals surface area contributed by atoms with E-state index in [1.54, 1.807) is 23.1 Å². The van der Waals surface area contributed by atoms with Gasteiger partial charge in [-0.3, -0.25) is 24.1 Å². The van der Waals surface area contributed by atoms with E-state index >= 15 is 0 Å². The lowest BCUT2D eigenvalue weighted by atomic mass is 9.68. The molecule has 0 spiro atoms. The Hall–Kier alpha value is -3.33. The van der Waals surface area contributed by atoms with E-state index in [-0.39, 0.29) is 46.1 Å². The molecular formula is C32H27ClF3N3O6S2. The topological polar surface area (TPSA) is 109 Å². The molecule has 4 heterocycles. The number of aromatic nitrogens is 1. The van der Waals surface area contributed by atoms with Crippen molar-refractivity contribution in [3.63, 3.8) is 0 Å². The maximum atomic E-state index is 14.0. The largest absolute Gasteiger partial charge is 0.483 e. The lowest BCUT2D eigenvalue weighted by Gasteiger charge is -2.43. The number of thioether (sulfide) groups is 1. The smallest absolute Gasteiger partial charge is 0.416 e. The van der Waals surface area contributed by atoms with Crippen molar-refractivity contribution in [1.82, 2.24) is 9.88 Å². The molecule has 5 aliphatic rings. The van der Waals surface area contributed by atoms with Gasteiger partial charge in [0.1, 0.15) is 5.75 Å². The van der Waals surface area contributed by atoms with Crippen molar-refractivity contribution in [1.29, 1.82) is 0 Å². The number of carbonyl (C=O) groups is 3. The Morgan fingerprint density at radius 3 is 2.53 bits per heavy atom. The SMILES string of the molecule is O=C(COc1ccc(Cl)cc1[C@@H]1c2sc(=O)[nH]c2S[C@@H]2[C@@H]3C[C@@H]([C@@H]4C(=O)N(c5cccc(C(F)(F)F)c5)C(=O)[C@@H]34)[C@H]12)N1CCOCC1. The summed E-state index contributed by atoms with van der Waals surface area (Å²) in [6.45, 7) is 1.63. The molecule has 2 aromatic carbocycles. The lowest BCUT2D eigenvalue weighted by Crippen LogP contribution is -2.43. The summed E-state index contributed by atoms with van der Waals surface area (Å²) in [5.41, 5.74) is -0.349. The van der Waals surface area contributed by atoms with Gasteiger partial charge in [0, 0.05) is 39.7 Å². The summed E-state index contributed by atoms with van der Waals surface area (Å²) in [5, 5.41) is 0.941. The summed E-state index contributed by atoms with van der Waals surface area (Å²) in [6.07, 6.45) is -4.04. The van der Waals surface area contributed by atoms with E-state index in [2.05, 4.69) is 4.98 Å². The normalized spacial score (nSPS) is 29.6. The van der Waals surface area contributed by atoms with Crippen LogP contribution in [0.25, 0.3) is 0 Å². The van der Waals surface area contributed by atoms with Crippen LogP contribution in [0.2, 0.25) is 5.02 Å². The molecule has 1 aromatic heterocycles. The van der Waals surface area contributed by atoms with Crippen molar-refractivity contribution < 1.29 is 37.0 Å². The molecule has 8 rings (SSSR count). The van der Waals surface area contributed by atoms with E-state index in [1.165, 1.54) is 23.9 Å². The highest BCUT2D eigenvalue weighted by molar-refractivity contribution is 8.00. The van der Waals surface area contributed by atoms with Gasteiger partial charge in [0.2, 0.25) is 11.8 Å². The third-order valence-electron chi connectivity index (χ3n) is 10.2. The van der Waals surface area contributed by atoms with Crippen LogP contribution in [0.1, 0.15) is 28.3 Å². The second-order valence-corrected chi connectivity index (χ2v) is 15.1. The number of benzene rings is 2. The number of hydrogen-bond donors (Lipinski definition) is 1. The second-order valence-electron chi connectivity index (χ2n) is 12.5. The van der Waals surface area contributed by atoms with Gasteiger partial charge in [-0.2, -0.15) is 13.2 Å². The number of hydrogen-bond acceptors (Lipinski definition) is 8. The highest BCUT2D eigenvalue weighted by Crippen LogP contribution is 2.69. The van der Waals surface area contributed by atoms with Crippen molar-refractivity contribution in [3.8, 4) is 5.75 Å². The summed E-state index contributed by atoms with van der Waals surface area (Å²) < 4.78 is 52.1. The second kappa shape index (κ2) is 11.4. The first-order valence-electron chi connectivity index (χ1n) is 15.2. The van der Waals surface area contributed by atoms with Crippen LogP contribution >= 0.6 is 34.7 Å². The fourth-order valence-corrected chi connectivity index (χ4v) is 11.4. The van der Waals surface area contributed by atoms with Gasteiger partial charge in [-0.25, -0.2) is 0 Å². The van der Waals surface area contributed by atoms with Crippen LogP contribution < -0.4 is 14.5 Å². The van der Waals surface area contributed by atoms with E-state index in [9.17, 15) is 32.3 Å². The van der Waals surface area contributed by atoms with Crippen LogP contribution in [-0.4, -0.2) is 65.8 Å². The number of halogens is 4. The predicted octanol–water partition coefficient (Wildman–Crippen LogP) is 5.02. The van der Waals surface area contributed by atoms with Gasteiger partial charge in [-0.05, 0) is 60.6 Å². The van der Waals surface area contributed by atoms with E-state index in [4.69, 9.17) is 21.1 Å². The molecule has 3 amide bonds. The third kappa shape index (κ3) is 5.01. The Morgan fingerprint density at radius 2 is 1.79 bits per heavy atom. The van der Waals surface area contributed by atoms with Crippen molar-refractivity contribution in [2.75, 3.05) is 37.8 Å². The molecular weight excluding hydrogens is 679 g/mol. The molecule has 3 aliphatic heterocycles. The fraction of sp³-hybridized carbons (Fsp3) is 0.438. The number of imide groups is 1. The van der Waals surface area contributed by atoms with Crippen molar-refractivity contribution in [2.24, 2.45) is 29.6 Å². The van der Waals surface area contributed by atoms with Crippen molar-refractivity contribution in [2.45, 2.75) is 28.8 Å². The molecule has 9 nitrogen and oxygen atoms in total.